The van der Waals surface area contributed by atoms with Crippen LogP contribution in [0.25, 0.3) is 0 Å². The fraction of sp³-hybridized carbons (Fsp3) is 0.333. The monoisotopic (exact) mass is 487 g/mol. The molecule has 1 amide bonds. The molecule has 0 spiro atoms. The summed E-state index contributed by atoms with van der Waals surface area (Å²) in [7, 11) is 1.00. The Morgan fingerprint density at radius 2 is 1.94 bits per heavy atom. The van der Waals surface area contributed by atoms with E-state index in [0.29, 0.717) is 40.8 Å². The maximum absolute atomic E-state index is 12.7. The molecule has 0 aromatic heterocycles. The minimum atomic E-state index is 0.0141. The Balaban J connectivity index is 0.00000149. The van der Waals surface area contributed by atoms with E-state index < -0.39 is 0 Å². The van der Waals surface area contributed by atoms with Crippen molar-refractivity contribution in [3.63, 3.8) is 0 Å². The van der Waals surface area contributed by atoms with Gasteiger partial charge in [-0.3, -0.25) is 20.4 Å². The summed E-state index contributed by atoms with van der Waals surface area (Å²) in [6.45, 7) is 0.628. The number of amides is 1. The second-order valence-electron chi connectivity index (χ2n) is 7.69. The van der Waals surface area contributed by atoms with Gasteiger partial charge in [0.05, 0.1) is 5.02 Å². The highest BCUT2D eigenvalue weighted by Gasteiger charge is 2.34. The van der Waals surface area contributed by atoms with Gasteiger partial charge in [0.25, 0.3) is 5.91 Å². The molecular formula is C24H26ClN3O4S. The molecule has 1 aliphatic heterocycles. The first-order valence-electron chi connectivity index (χ1n) is 10.6. The summed E-state index contributed by atoms with van der Waals surface area (Å²) >= 11 is 6.88. The molecule has 174 valence electrons. The predicted octanol–water partition coefficient (Wildman–Crippen LogP) is 4.77. The summed E-state index contributed by atoms with van der Waals surface area (Å²) in [5.41, 5.74) is 2.53. The zero-order valence-electron chi connectivity index (χ0n) is 18.3. The quantitative estimate of drug-likeness (QED) is 0.308. The Kier molecular flexibility index (Phi) is 8.66. The first-order valence-corrected chi connectivity index (χ1v) is 11.8. The van der Waals surface area contributed by atoms with Gasteiger partial charge in [0, 0.05) is 36.4 Å². The molecule has 33 heavy (non-hydrogen) atoms. The van der Waals surface area contributed by atoms with E-state index in [1.165, 1.54) is 18.9 Å². The van der Waals surface area contributed by atoms with E-state index in [-0.39, 0.29) is 22.6 Å². The van der Waals surface area contributed by atoms with Gasteiger partial charge in [-0.2, -0.15) is 0 Å². The van der Waals surface area contributed by atoms with Crippen LogP contribution in [-0.4, -0.2) is 52.0 Å². The Labute approximate surface area is 202 Å². The third kappa shape index (κ3) is 5.82. The highest BCUT2D eigenvalue weighted by Crippen LogP contribution is 2.33. The van der Waals surface area contributed by atoms with Crippen LogP contribution in [0.4, 0.5) is 0 Å². The molecule has 9 heteroatoms. The summed E-state index contributed by atoms with van der Waals surface area (Å²) in [5, 5.41) is 23.9. The molecule has 0 radical (unpaired) electrons. The van der Waals surface area contributed by atoms with Crippen molar-refractivity contribution in [2.45, 2.75) is 38.3 Å². The molecule has 7 nitrogen and oxygen atoms in total. The van der Waals surface area contributed by atoms with Gasteiger partial charge in [-0.1, -0.05) is 42.3 Å². The van der Waals surface area contributed by atoms with E-state index in [1.54, 1.807) is 24.3 Å². The number of nitrogens with one attached hydrogen (secondary N) is 2. The van der Waals surface area contributed by atoms with Gasteiger partial charge in [0.2, 0.25) is 0 Å². The molecule has 2 aromatic rings. The van der Waals surface area contributed by atoms with E-state index in [1.807, 2.05) is 11.0 Å². The maximum Gasteiger partial charge on any atom is 0.254 e. The van der Waals surface area contributed by atoms with E-state index in [4.69, 9.17) is 32.3 Å². The zero-order chi connectivity index (χ0) is 24.0. The third-order valence-electron chi connectivity index (χ3n) is 5.65. The molecule has 1 aliphatic carbocycles. The second kappa shape index (κ2) is 11.4. The van der Waals surface area contributed by atoms with E-state index in [0.717, 1.165) is 42.8 Å². The average molecular weight is 488 g/mol. The number of halogens is 1. The van der Waals surface area contributed by atoms with Crippen molar-refractivity contribution in [3.05, 3.63) is 63.7 Å². The van der Waals surface area contributed by atoms with Gasteiger partial charge in [-0.05, 0) is 48.7 Å². The van der Waals surface area contributed by atoms with Gasteiger partial charge in [0.1, 0.15) is 22.4 Å². The number of aldehydes is 1. The van der Waals surface area contributed by atoms with Gasteiger partial charge in [-0.15, -0.1) is 0 Å². The first kappa shape index (κ1) is 25.0. The Hall–Kier alpha value is -2.68. The highest BCUT2D eigenvalue weighted by molar-refractivity contribution is 8.26. The number of carbonyl (C=O) groups is 2. The normalized spacial score (nSPS) is 15.0. The molecule has 4 rings (SSSR count). The van der Waals surface area contributed by atoms with Gasteiger partial charge in [-0.25, -0.2) is 0 Å². The van der Waals surface area contributed by atoms with Crippen molar-refractivity contribution in [2.75, 3.05) is 13.7 Å². The number of fused-ring (bicyclic) bond motifs is 1. The van der Waals surface area contributed by atoms with Crippen molar-refractivity contribution >= 4 is 45.6 Å². The minimum absolute atomic E-state index is 0.0141. The number of rotatable bonds is 6. The standard InChI is InChI=1S/C23H22ClN3O3S.CH4O/c24-20-8-5-14(9-16(20)12-28)22(26)31-21(25)13-30-18-6-7-19-15(10-18)11-27(23(19)29)17-3-1-2-4-17;1-2/h5-10,12,17,25-26H,1-4,11,13H2;2H,1H3. The number of ether oxygens (including phenoxy) is 1. The average Bonchev–Trinajstić information content (AvgIpc) is 3.47. The zero-order valence-corrected chi connectivity index (χ0v) is 19.8. The van der Waals surface area contributed by atoms with Crippen molar-refractivity contribution in [3.8, 4) is 5.75 Å². The van der Waals surface area contributed by atoms with Crippen LogP contribution in [0, 0.1) is 10.8 Å². The number of carbonyl (C=O) groups excluding carboxylic acids is 2. The fourth-order valence-electron chi connectivity index (χ4n) is 4.06. The maximum atomic E-state index is 12.7. The lowest BCUT2D eigenvalue weighted by atomic mass is 10.1. The van der Waals surface area contributed by atoms with Crippen LogP contribution in [0.5, 0.6) is 5.75 Å². The van der Waals surface area contributed by atoms with Crippen molar-refractivity contribution in [1.29, 1.82) is 10.8 Å². The van der Waals surface area contributed by atoms with Gasteiger partial charge >= 0.3 is 0 Å². The molecule has 1 fully saturated rings. The molecule has 1 saturated carbocycles. The van der Waals surface area contributed by atoms with Gasteiger partial charge < -0.3 is 14.7 Å². The number of nitrogens with zero attached hydrogens (tertiary/aromatic N) is 1. The first-order chi connectivity index (χ1) is 16.0. The molecule has 1 heterocycles. The Morgan fingerprint density at radius 3 is 2.64 bits per heavy atom. The Morgan fingerprint density at radius 1 is 1.21 bits per heavy atom. The van der Waals surface area contributed by atoms with Crippen molar-refractivity contribution in [2.24, 2.45) is 0 Å². The smallest absolute Gasteiger partial charge is 0.254 e. The van der Waals surface area contributed by atoms with Crippen LogP contribution in [0.1, 0.15) is 57.5 Å². The highest BCUT2D eigenvalue weighted by atomic mass is 35.5. The third-order valence-corrected chi connectivity index (χ3v) is 6.80. The minimum Gasteiger partial charge on any atom is -0.487 e. The number of benzene rings is 2. The molecular weight excluding hydrogens is 462 g/mol. The molecule has 3 N–H and O–H groups in total. The number of thioether (sulfide) groups is 1. The number of aliphatic hydroxyl groups is 1. The lowest BCUT2D eigenvalue weighted by Crippen LogP contribution is -2.33. The van der Waals surface area contributed by atoms with E-state index in [9.17, 15) is 9.59 Å². The van der Waals surface area contributed by atoms with Crippen LogP contribution in [-0.2, 0) is 6.54 Å². The molecule has 2 aromatic carbocycles. The lowest BCUT2D eigenvalue weighted by Gasteiger charge is -2.23. The number of hydrogen-bond donors (Lipinski definition) is 3. The van der Waals surface area contributed by atoms with Crippen LogP contribution in [0.15, 0.2) is 36.4 Å². The summed E-state index contributed by atoms with van der Waals surface area (Å²) in [5.74, 6) is 0.703. The number of aliphatic hydroxyl groups excluding tert-OH is 1. The largest absolute Gasteiger partial charge is 0.487 e. The SMILES string of the molecule is CO.N=C(COc1ccc2c(c1)CN(C1CCCC1)C2=O)SC(=N)c1ccc(Cl)c(C=O)c1. The molecule has 0 saturated heterocycles. The van der Waals surface area contributed by atoms with Crippen LogP contribution < -0.4 is 4.74 Å². The molecule has 0 unspecified atom stereocenters. The molecule has 2 aliphatic rings. The summed E-state index contributed by atoms with van der Waals surface area (Å²) in [6, 6.07) is 10.5. The number of hydrogen-bond acceptors (Lipinski definition) is 7. The second-order valence-corrected chi connectivity index (χ2v) is 9.20. The lowest BCUT2D eigenvalue weighted by molar-refractivity contribution is 0.0707. The molecule has 0 bridgehead atoms. The Bertz CT molecular complexity index is 1070. The predicted molar refractivity (Wildman–Crippen MR) is 131 cm³/mol. The fourth-order valence-corrected chi connectivity index (χ4v) is 4.83. The van der Waals surface area contributed by atoms with E-state index in [2.05, 4.69) is 0 Å². The van der Waals surface area contributed by atoms with Crippen LogP contribution in [0.3, 0.4) is 0 Å². The van der Waals surface area contributed by atoms with Crippen molar-refractivity contribution < 1.29 is 19.4 Å². The van der Waals surface area contributed by atoms with Crippen LogP contribution >= 0.6 is 23.4 Å². The topological polar surface area (TPSA) is 115 Å². The molecule has 0 atom stereocenters. The van der Waals surface area contributed by atoms with E-state index >= 15 is 0 Å². The summed E-state index contributed by atoms with van der Waals surface area (Å²) in [4.78, 5) is 25.7. The van der Waals surface area contributed by atoms with Crippen molar-refractivity contribution in [1.82, 2.24) is 4.90 Å². The summed E-state index contributed by atoms with van der Waals surface area (Å²) < 4.78 is 5.74. The summed E-state index contributed by atoms with van der Waals surface area (Å²) in [6.07, 6.45) is 5.16. The van der Waals surface area contributed by atoms with Gasteiger partial charge in [0.15, 0.2) is 6.29 Å². The van der Waals surface area contributed by atoms with Crippen LogP contribution in [0.2, 0.25) is 5.02 Å².